The van der Waals surface area contributed by atoms with Crippen molar-refractivity contribution in [1.82, 2.24) is 9.55 Å². The molecule has 0 fully saturated rings. The van der Waals surface area contributed by atoms with Gasteiger partial charge in [-0.1, -0.05) is 0 Å². The Hall–Kier alpha value is -2.96. The third kappa shape index (κ3) is 3.00. The molecule has 1 aliphatic rings. The van der Waals surface area contributed by atoms with Gasteiger partial charge in [-0.05, 0) is 55.2 Å². The molecule has 2 N–H and O–H groups in total. The molecule has 0 bridgehead atoms. The predicted octanol–water partition coefficient (Wildman–Crippen LogP) is 3.37. The van der Waals surface area contributed by atoms with Crippen molar-refractivity contribution >= 4 is 22.7 Å². The van der Waals surface area contributed by atoms with Crippen LogP contribution in [-0.2, 0) is 24.2 Å². The summed E-state index contributed by atoms with van der Waals surface area (Å²) in [6.07, 6.45) is 3.24. The van der Waals surface area contributed by atoms with E-state index in [1.165, 1.54) is 18.2 Å². The van der Waals surface area contributed by atoms with Crippen LogP contribution in [-0.4, -0.2) is 26.7 Å². The van der Waals surface area contributed by atoms with Crippen molar-refractivity contribution in [2.24, 2.45) is 0 Å². The van der Waals surface area contributed by atoms with Gasteiger partial charge in [0.05, 0.1) is 6.20 Å². The van der Waals surface area contributed by atoms with Crippen LogP contribution in [0.1, 0.15) is 17.7 Å². The Kier molecular flexibility index (Phi) is 4.06. The molecule has 26 heavy (non-hydrogen) atoms. The Morgan fingerprint density at radius 2 is 2.08 bits per heavy atom. The van der Waals surface area contributed by atoms with Crippen LogP contribution in [0, 0.1) is 11.6 Å². The minimum atomic E-state index is -0.926. The third-order valence-corrected chi connectivity index (χ3v) is 4.80. The number of nitrogens with zero attached hydrogens (tertiary/aromatic N) is 2. The summed E-state index contributed by atoms with van der Waals surface area (Å²) in [5.74, 6) is -1.08. The molecule has 2 aromatic heterocycles. The summed E-state index contributed by atoms with van der Waals surface area (Å²) in [6.45, 7) is -0.144. The molecule has 4 rings (SSSR count). The molecule has 0 amide bonds. The second kappa shape index (κ2) is 6.40. The van der Waals surface area contributed by atoms with E-state index in [-0.39, 0.29) is 18.4 Å². The predicted molar refractivity (Wildman–Crippen MR) is 93.2 cm³/mol. The Labute approximate surface area is 148 Å². The average Bonchev–Trinajstić information content (AvgIpc) is 2.89. The van der Waals surface area contributed by atoms with E-state index in [1.54, 1.807) is 16.7 Å². The van der Waals surface area contributed by atoms with Crippen molar-refractivity contribution < 1.29 is 18.7 Å². The number of carbonyl (C=O) groups is 1. The molecule has 0 saturated carbocycles. The number of hydrogen-bond donors (Lipinski definition) is 2. The lowest BCUT2D eigenvalue weighted by Crippen LogP contribution is -2.28. The van der Waals surface area contributed by atoms with Gasteiger partial charge in [0, 0.05) is 22.6 Å². The van der Waals surface area contributed by atoms with Gasteiger partial charge in [-0.15, -0.1) is 0 Å². The second-order valence-corrected chi connectivity index (χ2v) is 6.51. The van der Waals surface area contributed by atoms with E-state index in [4.69, 9.17) is 0 Å². The van der Waals surface area contributed by atoms with E-state index in [0.29, 0.717) is 18.7 Å². The molecule has 5 nitrogen and oxygen atoms in total. The molecule has 1 atom stereocenters. The van der Waals surface area contributed by atoms with Crippen LogP contribution in [0.25, 0.3) is 10.9 Å². The molecule has 0 spiro atoms. The molecular weight excluding hydrogens is 340 g/mol. The topological polar surface area (TPSA) is 67.2 Å². The zero-order valence-corrected chi connectivity index (χ0v) is 13.9. The smallest absolute Gasteiger partial charge is 0.323 e. The number of anilines is 1. The van der Waals surface area contributed by atoms with E-state index >= 15 is 0 Å². The number of nitrogens with one attached hydrogen (secondary N) is 1. The highest BCUT2D eigenvalue weighted by Crippen LogP contribution is 2.33. The van der Waals surface area contributed by atoms with E-state index < -0.39 is 11.8 Å². The summed E-state index contributed by atoms with van der Waals surface area (Å²) < 4.78 is 28.5. The van der Waals surface area contributed by atoms with Gasteiger partial charge in [0.25, 0.3) is 0 Å². The highest BCUT2D eigenvalue weighted by molar-refractivity contribution is 5.87. The molecule has 0 saturated heterocycles. The van der Waals surface area contributed by atoms with Crippen LogP contribution in [0.3, 0.4) is 0 Å². The first-order valence-corrected chi connectivity index (χ1v) is 8.40. The number of carboxylic acid groups (broad SMARTS) is 1. The standard InChI is InChI=1S/C19H17F2N3O2/c20-11-1-4-16-14(7-11)15-8-13(23-18-6-2-12(21)9-22-18)3-5-17(15)24(16)10-19(25)26/h1-2,4,6-7,9,13H,3,5,8,10H2,(H,22,23)(H,25,26). The number of hydrogen-bond acceptors (Lipinski definition) is 3. The zero-order valence-electron chi connectivity index (χ0n) is 13.9. The van der Waals surface area contributed by atoms with E-state index in [1.807, 2.05) is 0 Å². The van der Waals surface area contributed by atoms with E-state index in [9.17, 15) is 18.7 Å². The minimum absolute atomic E-state index is 0.0626. The highest BCUT2D eigenvalue weighted by Gasteiger charge is 2.26. The lowest BCUT2D eigenvalue weighted by molar-refractivity contribution is -0.137. The van der Waals surface area contributed by atoms with Crippen molar-refractivity contribution in [2.45, 2.75) is 31.8 Å². The third-order valence-electron chi connectivity index (χ3n) is 4.80. The zero-order chi connectivity index (χ0) is 18.3. The van der Waals surface area contributed by atoms with Gasteiger partial charge in [-0.25, -0.2) is 13.8 Å². The molecule has 1 unspecified atom stereocenters. The summed E-state index contributed by atoms with van der Waals surface area (Å²) in [6, 6.07) is 7.44. The SMILES string of the molecule is O=C(O)Cn1c2c(c3cc(F)ccc31)CC(Nc1ccc(F)cn1)CC2. The first-order chi connectivity index (χ1) is 12.5. The number of fused-ring (bicyclic) bond motifs is 3. The second-order valence-electron chi connectivity index (χ2n) is 6.51. The number of pyridine rings is 1. The summed E-state index contributed by atoms with van der Waals surface area (Å²) in [5.41, 5.74) is 2.64. The quantitative estimate of drug-likeness (QED) is 0.751. The maximum absolute atomic E-state index is 13.8. The summed E-state index contributed by atoms with van der Waals surface area (Å²) in [7, 11) is 0. The molecule has 0 aliphatic heterocycles. The summed E-state index contributed by atoms with van der Waals surface area (Å²) >= 11 is 0. The van der Waals surface area contributed by atoms with Crippen LogP contribution >= 0.6 is 0 Å². The number of benzene rings is 1. The molecule has 1 aliphatic carbocycles. The molecule has 2 heterocycles. The van der Waals surface area contributed by atoms with Gasteiger partial charge in [-0.2, -0.15) is 0 Å². The van der Waals surface area contributed by atoms with Gasteiger partial charge in [-0.3, -0.25) is 4.79 Å². The lowest BCUT2D eigenvalue weighted by atomic mass is 9.91. The van der Waals surface area contributed by atoms with Crippen LogP contribution in [0.5, 0.6) is 0 Å². The minimum Gasteiger partial charge on any atom is -0.480 e. The largest absolute Gasteiger partial charge is 0.480 e. The summed E-state index contributed by atoms with van der Waals surface area (Å²) in [4.78, 5) is 15.3. The first kappa shape index (κ1) is 16.5. The average molecular weight is 357 g/mol. The molecular formula is C19H17F2N3O2. The van der Waals surface area contributed by atoms with Crippen LogP contribution in [0.15, 0.2) is 36.5 Å². The van der Waals surface area contributed by atoms with Crippen molar-refractivity contribution in [1.29, 1.82) is 0 Å². The lowest BCUT2D eigenvalue weighted by Gasteiger charge is -2.25. The molecule has 134 valence electrons. The van der Waals surface area contributed by atoms with Gasteiger partial charge in [0.2, 0.25) is 0 Å². The van der Waals surface area contributed by atoms with Gasteiger partial charge < -0.3 is 15.0 Å². The molecule has 7 heteroatoms. The fourth-order valence-corrected chi connectivity index (χ4v) is 3.73. The number of halogens is 2. The molecule has 0 radical (unpaired) electrons. The maximum Gasteiger partial charge on any atom is 0.323 e. The van der Waals surface area contributed by atoms with E-state index in [0.717, 1.165) is 34.8 Å². The number of carboxylic acids is 1. The van der Waals surface area contributed by atoms with Gasteiger partial charge in [0.1, 0.15) is 24.0 Å². The number of rotatable bonds is 4. The van der Waals surface area contributed by atoms with Crippen molar-refractivity contribution in [2.75, 3.05) is 5.32 Å². The Morgan fingerprint density at radius 1 is 1.27 bits per heavy atom. The normalized spacial score (nSPS) is 16.5. The number of aliphatic carboxylic acids is 1. The van der Waals surface area contributed by atoms with Gasteiger partial charge in [0.15, 0.2) is 0 Å². The number of aromatic nitrogens is 2. The Bertz CT molecular complexity index is 983. The summed E-state index contributed by atoms with van der Waals surface area (Å²) in [5, 5.41) is 13.3. The monoisotopic (exact) mass is 357 g/mol. The van der Waals surface area contributed by atoms with Gasteiger partial charge >= 0.3 is 5.97 Å². The van der Waals surface area contributed by atoms with Crippen LogP contribution < -0.4 is 5.32 Å². The highest BCUT2D eigenvalue weighted by atomic mass is 19.1. The molecule has 1 aromatic carbocycles. The van der Waals surface area contributed by atoms with Crippen molar-refractivity contribution in [3.05, 3.63) is 59.4 Å². The Balaban J connectivity index is 1.69. The Morgan fingerprint density at radius 3 is 2.81 bits per heavy atom. The van der Waals surface area contributed by atoms with Crippen LogP contribution in [0.2, 0.25) is 0 Å². The van der Waals surface area contributed by atoms with Crippen molar-refractivity contribution in [3.63, 3.8) is 0 Å². The van der Waals surface area contributed by atoms with E-state index in [2.05, 4.69) is 10.3 Å². The molecule has 3 aromatic rings. The van der Waals surface area contributed by atoms with Crippen LogP contribution in [0.4, 0.5) is 14.6 Å². The maximum atomic E-state index is 13.8. The fraction of sp³-hybridized carbons (Fsp3) is 0.263. The fourth-order valence-electron chi connectivity index (χ4n) is 3.73. The van der Waals surface area contributed by atoms with Crippen molar-refractivity contribution in [3.8, 4) is 0 Å². The first-order valence-electron chi connectivity index (χ1n) is 8.40.